The van der Waals surface area contributed by atoms with Gasteiger partial charge in [-0.05, 0) is 107 Å². The van der Waals surface area contributed by atoms with Crippen molar-refractivity contribution >= 4 is 90.2 Å². The molecule has 1 aliphatic carbocycles. The molecule has 0 spiro atoms. The fraction of sp³-hybridized carbons (Fsp3) is 0.208. The predicted molar refractivity (Wildman–Crippen MR) is 223 cm³/mol. The van der Waals surface area contributed by atoms with E-state index in [-0.39, 0.29) is 10.8 Å². The van der Waals surface area contributed by atoms with Gasteiger partial charge in [0.2, 0.25) is 5.71 Å². The van der Waals surface area contributed by atoms with Crippen LogP contribution in [0.2, 0.25) is 0 Å². The molecule has 0 unspecified atom stereocenters. The number of rotatable bonds is 2. The van der Waals surface area contributed by atoms with Crippen LogP contribution >= 0.6 is 0 Å². The van der Waals surface area contributed by atoms with Crippen molar-refractivity contribution in [2.75, 3.05) is 4.90 Å². The second-order valence-electron chi connectivity index (χ2n) is 16.8. The zero-order valence-corrected chi connectivity index (χ0v) is 31.1. The van der Waals surface area contributed by atoms with E-state index in [0.29, 0.717) is 0 Å². The van der Waals surface area contributed by atoms with Crippen LogP contribution in [0.5, 0.6) is 0 Å². The Morgan fingerprint density at radius 2 is 1.30 bits per heavy atom. The van der Waals surface area contributed by atoms with Gasteiger partial charge in [0, 0.05) is 44.2 Å². The normalized spacial score (nSPS) is 16.0. The Bertz CT molecular complexity index is 3030. The zero-order chi connectivity index (χ0) is 36.0. The summed E-state index contributed by atoms with van der Waals surface area (Å²) >= 11 is 0. The van der Waals surface area contributed by atoms with Crippen LogP contribution < -0.4 is 15.8 Å². The number of nitrogens with one attached hydrogen (secondary N) is 1. The van der Waals surface area contributed by atoms with Crippen molar-refractivity contribution in [3.8, 4) is 11.1 Å². The molecule has 0 bridgehead atoms. The van der Waals surface area contributed by atoms with Gasteiger partial charge in [-0.1, -0.05) is 99.9 Å². The first-order chi connectivity index (χ1) is 25.6. The molecule has 1 N–H and O–H groups in total. The van der Waals surface area contributed by atoms with E-state index in [9.17, 15) is 0 Å². The molecule has 53 heavy (non-hydrogen) atoms. The predicted octanol–water partition coefficient (Wildman–Crippen LogP) is 12.0. The number of benzene rings is 6. The summed E-state index contributed by atoms with van der Waals surface area (Å²) in [6.07, 6.45) is 2.36. The van der Waals surface area contributed by atoms with Crippen molar-refractivity contribution in [2.24, 2.45) is 0 Å². The topological polar surface area (TPSA) is 45.3 Å². The summed E-state index contributed by atoms with van der Waals surface area (Å²) in [4.78, 5) is 6.26. The zero-order valence-electron chi connectivity index (χ0n) is 31.1. The van der Waals surface area contributed by atoms with Gasteiger partial charge in [-0.3, -0.25) is 0 Å². The maximum absolute atomic E-state index is 6.49. The van der Waals surface area contributed by atoms with Crippen LogP contribution in [0.15, 0.2) is 112 Å². The molecule has 1 radical (unpaired) electrons. The number of anilines is 3. The number of H-pyrrole nitrogens is 1. The van der Waals surface area contributed by atoms with Crippen LogP contribution in [-0.2, 0) is 10.8 Å². The van der Waals surface area contributed by atoms with Gasteiger partial charge in [0.1, 0.15) is 16.7 Å². The molecular formula is C48H40BN2O2. The molecule has 0 fully saturated rings. The molecule has 257 valence electrons. The van der Waals surface area contributed by atoms with Crippen molar-refractivity contribution in [3.63, 3.8) is 0 Å². The third-order valence-electron chi connectivity index (χ3n) is 12.5. The summed E-state index contributed by atoms with van der Waals surface area (Å²) in [5, 5.41) is 5.72. The van der Waals surface area contributed by atoms with E-state index in [1.54, 1.807) is 0 Å². The number of hydrogen-bond acceptors (Lipinski definition) is 3. The second kappa shape index (κ2) is 10.5. The largest absolute Gasteiger partial charge is 0.456 e. The standard InChI is InChI=1S/C48H40BN2O2/c1-26-20-33(29-14-11-15-31-43-30-13-8-10-17-41(30)53-46(43)50-45(29)31)44-39(21-26)51(37-24-35-34(22-27(37)2)47(3,4)18-19-48(35,5)6)38-23-32-28-12-7-9-16-40(28)52-42(32)25-36(38)49-44/h7-17,20-25,50H,18-19H2,1-6H3. The van der Waals surface area contributed by atoms with E-state index < -0.39 is 0 Å². The van der Waals surface area contributed by atoms with Gasteiger partial charge in [0.25, 0.3) is 0 Å². The van der Waals surface area contributed by atoms with E-state index in [1.807, 2.05) is 18.2 Å². The molecule has 0 atom stereocenters. The highest BCUT2D eigenvalue weighted by Gasteiger charge is 2.39. The van der Waals surface area contributed by atoms with Crippen LogP contribution in [0.25, 0.3) is 66.0 Å². The quantitative estimate of drug-likeness (QED) is 0.184. The number of para-hydroxylation sites is 3. The second-order valence-corrected chi connectivity index (χ2v) is 16.8. The molecule has 0 amide bonds. The Hall–Kier alpha value is -5.68. The molecule has 5 heteroatoms. The lowest BCUT2D eigenvalue weighted by Gasteiger charge is -2.43. The van der Waals surface area contributed by atoms with Crippen molar-refractivity contribution < 1.29 is 8.83 Å². The fourth-order valence-electron chi connectivity index (χ4n) is 9.55. The summed E-state index contributed by atoms with van der Waals surface area (Å²) in [6, 6.07) is 37.7. The minimum atomic E-state index is 0.0771. The fourth-order valence-corrected chi connectivity index (χ4v) is 9.55. The van der Waals surface area contributed by atoms with E-state index in [4.69, 9.17) is 8.83 Å². The minimum Gasteiger partial charge on any atom is -0.456 e. The van der Waals surface area contributed by atoms with Crippen LogP contribution in [0, 0.1) is 13.8 Å². The molecule has 2 aliphatic rings. The molecule has 4 heterocycles. The average Bonchev–Trinajstić information content (AvgIpc) is 3.81. The molecule has 3 aromatic heterocycles. The van der Waals surface area contributed by atoms with Gasteiger partial charge in [-0.2, -0.15) is 0 Å². The first kappa shape index (κ1) is 30.9. The summed E-state index contributed by atoms with van der Waals surface area (Å²) in [5.74, 6) is 0. The molecule has 9 aromatic rings. The van der Waals surface area contributed by atoms with E-state index >= 15 is 0 Å². The van der Waals surface area contributed by atoms with Gasteiger partial charge >= 0.3 is 0 Å². The third-order valence-corrected chi connectivity index (χ3v) is 12.5. The lowest BCUT2D eigenvalue weighted by molar-refractivity contribution is 0.332. The number of aromatic amines is 1. The van der Waals surface area contributed by atoms with Crippen LogP contribution in [0.4, 0.5) is 17.1 Å². The van der Waals surface area contributed by atoms with Crippen molar-refractivity contribution in [2.45, 2.75) is 65.2 Å². The number of furan rings is 2. The molecule has 0 saturated carbocycles. The third kappa shape index (κ3) is 4.31. The van der Waals surface area contributed by atoms with Gasteiger partial charge < -0.3 is 18.7 Å². The summed E-state index contributed by atoms with van der Waals surface area (Å²) in [6.45, 7) is 14.2. The number of hydrogen-bond donors (Lipinski definition) is 1. The van der Waals surface area contributed by atoms with Crippen molar-refractivity contribution in [3.05, 3.63) is 125 Å². The first-order valence-corrected chi connectivity index (χ1v) is 18.9. The maximum Gasteiger partial charge on any atom is 0.206 e. The monoisotopic (exact) mass is 687 g/mol. The van der Waals surface area contributed by atoms with E-state index in [0.717, 1.165) is 60.6 Å². The molecule has 4 nitrogen and oxygen atoms in total. The van der Waals surface area contributed by atoms with E-state index in [1.165, 1.54) is 68.6 Å². The molecule has 0 saturated heterocycles. The van der Waals surface area contributed by atoms with Crippen molar-refractivity contribution in [1.29, 1.82) is 0 Å². The number of fused-ring (bicyclic) bond motifs is 11. The highest BCUT2D eigenvalue weighted by molar-refractivity contribution is 6.73. The Balaban J connectivity index is 1.21. The van der Waals surface area contributed by atoms with Crippen LogP contribution in [-0.4, -0.2) is 12.3 Å². The summed E-state index contributed by atoms with van der Waals surface area (Å²) in [5.41, 5.74) is 18.5. The van der Waals surface area contributed by atoms with Crippen molar-refractivity contribution in [1.82, 2.24) is 4.98 Å². The SMILES string of the molecule is Cc1cc(-c2cccc3c2[nH]c2oc4ccccc4c23)c2c(c1)N(c1cc3c(cc1C)C(C)(C)CCC3(C)C)c1cc3c(cc1[B]2)oc1ccccc13. The van der Waals surface area contributed by atoms with Gasteiger partial charge in [0.15, 0.2) is 7.28 Å². The average molecular weight is 688 g/mol. The Kier molecular flexibility index (Phi) is 6.11. The Morgan fingerprint density at radius 3 is 2.09 bits per heavy atom. The Labute approximate surface area is 309 Å². The molecule has 1 aliphatic heterocycles. The van der Waals surface area contributed by atoms with Gasteiger partial charge in [-0.25, -0.2) is 0 Å². The van der Waals surface area contributed by atoms with Gasteiger partial charge in [-0.15, -0.1) is 0 Å². The molecular weight excluding hydrogens is 647 g/mol. The number of aromatic nitrogens is 1. The highest BCUT2D eigenvalue weighted by Crippen LogP contribution is 2.50. The maximum atomic E-state index is 6.49. The van der Waals surface area contributed by atoms with Crippen LogP contribution in [0.3, 0.4) is 0 Å². The lowest BCUT2D eigenvalue weighted by atomic mass is 9.57. The van der Waals surface area contributed by atoms with Gasteiger partial charge in [0.05, 0.1) is 10.9 Å². The smallest absolute Gasteiger partial charge is 0.206 e. The molecule has 6 aromatic carbocycles. The number of aryl methyl sites for hydroxylation is 2. The summed E-state index contributed by atoms with van der Waals surface area (Å²) in [7, 11) is 2.38. The van der Waals surface area contributed by atoms with Crippen LogP contribution in [0.1, 0.15) is 62.8 Å². The minimum absolute atomic E-state index is 0.0771. The number of nitrogens with zero attached hydrogens (tertiary/aromatic N) is 1. The highest BCUT2D eigenvalue weighted by atomic mass is 16.3. The summed E-state index contributed by atoms with van der Waals surface area (Å²) < 4.78 is 12.9. The first-order valence-electron chi connectivity index (χ1n) is 18.9. The molecule has 11 rings (SSSR count). The van der Waals surface area contributed by atoms with E-state index in [2.05, 4.69) is 144 Å². The lowest BCUT2D eigenvalue weighted by Crippen LogP contribution is -2.41. The Morgan fingerprint density at radius 1 is 0.604 bits per heavy atom.